The van der Waals surface area contributed by atoms with Gasteiger partial charge in [-0.2, -0.15) is 4.31 Å². The third-order valence-corrected chi connectivity index (χ3v) is 6.13. The van der Waals surface area contributed by atoms with Crippen LogP contribution in [-0.4, -0.2) is 31.9 Å². The predicted octanol–water partition coefficient (Wildman–Crippen LogP) is 2.38. The number of halogens is 1. The maximum atomic E-state index is 12.4. The molecule has 0 aromatic heterocycles. The summed E-state index contributed by atoms with van der Waals surface area (Å²) >= 11 is 6.22. The van der Waals surface area contributed by atoms with Gasteiger partial charge in [0.2, 0.25) is 10.0 Å². The van der Waals surface area contributed by atoms with Crippen LogP contribution in [0.25, 0.3) is 0 Å². The van der Waals surface area contributed by atoms with Crippen molar-refractivity contribution < 1.29 is 8.42 Å². The van der Waals surface area contributed by atoms with Crippen LogP contribution in [0.2, 0.25) is 5.02 Å². The van der Waals surface area contributed by atoms with E-state index >= 15 is 0 Å². The number of rotatable bonds is 5. The van der Waals surface area contributed by atoms with Gasteiger partial charge in [0.15, 0.2) is 0 Å². The molecule has 2 fully saturated rings. The Balaban J connectivity index is 1.78. The van der Waals surface area contributed by atoms with Crippen molar-refractivity contribution in [1.82, 2.24) is 9.62 Å². The van der Waals surface area contributed by atoms with Gasteiger partial charge in [0.25, 0.3) is 0 Å². The minimum absolute atomic E-state index is 0.305. The number of nitrogens with one attached hydrogen (secondary N) is 1. The highest BCUT2D eigenvalue weighted by molar-refractivity contribution is 7.89. The molecule has 1 saturated carbocycles. The van der Waals surface area contributed by atoms with Crippen LogP contribution in [-0.2, 0) is 16.6 Å². The molecule has 0 spiro atoms. The number of sulfonamides is 1. The zero-order chi connectivity index (χ0) is 14.2. The second-order valence-corrected chi connectivity index (χ2v) is 7.86. The topological polar surface area (TPSA) is 49.4 Å². The van der Waals surface area contributed by atoms with E-state index in [4.69, 9.17) is 11.6 Å². The molecule has 0 bridgehead atoms. The Morgan fingerprint density at radius 1 is 1.25 bits per heavy atom. The second-order valence-electron chi connectivity index (χ2n) is 5.52. The van der Waals surface area contributed by atoms with Crippen LogP contribution in [0.4, 0.5) is 0 Å². The third kappa shape index (κ3) is 3.01. The maximum Gasteiger partial charge on any atom is 0.243 e. The fourth-order valence-corrected chi connectivity index (χ4v) is 4.31. The van der Waals surface area contributed by atoms with E-state index in [0.29, 0.717) is 35.6 Å². The van der Waals surface area contributed by atoms with Gasteiger partial charge in [0, 0.05) is 30.7 Å². The van der Waals surface area contributed by atoms with Crippen molar-refractivity contribution in [3.05, 3.63) is 28.8 Å². The van der Waals surface area contributed by atoms with Gasteiger partial charge in [-0.05, 0) is 43.4 Å². The van der Waals surface area contributed by atoms with Gasteiger partial charge < -0.3 is 5.32 Å². The Hall–Kier alpha value is -0.620. The summed E-state index contributed by atoms with van der Waals surface area (Å²) in [6.45, 7) is 1.93. The van der Waals surface area contributed by atoms with Gasteiger partial charge in [0.05, 0.1) is 4.90 Å². The summed E-state index contributed by atoms with van der Waals surface area (Å²) in [5.74, 6) is 0. The first kappa shape index (κ1) is 14.3. The summed E-state index contributed by atoms with van der Waals surface area (Å²) in [6.07, 6.45) is 4.32. The van der Waals surface area contributed by atoms with Crippen molar-refractivity contribution in [2.75, 3.05) is 13.1 Å². The lowest BCUT2D eigenvalue weighted by Gasteiger charge is -2.16. The Kier molecular flexibility index (Phi) is 4.04. The van der Waals surface area contributed by atoms with E-state index in [0.717, 1.165) is 18.4 Å². The Morgan fingerprint density at radius 2 is 1.95 bits per heavy atom. The van der Waals surface area contributed by atoms with Gasteiger partial charge in [0.1, 0.15) is 0 Å². The Morgan fingerprint density at radius 3 is 2.55 bits per heavy atom. The fourth-order valence-electron chi connectivity index (χ4n) is 2.45. The molecule has 20 heavy (non-hydrogen) atoms. The molecule has 1 aliphatic heterocycles. The Labute approximate surface area is 125 Å². The average Bonchev–Trinajstić information content (AvgIpc) is 3.07. The molecule has 0 radical (unpaired) electrons. The molecule has 0 unspecified atom stereocenters. The number of hydrogen-bond donors (Lipinski definition) is 1. The minimum Gasteiger partial charge on any atom is -0.310 e. The summed E-state index contributed by atoms with van der Waals surface area (Å²) in [5.41, 5.74) is 0.957. The van der Waals surface area contributed by atoms with Crippen LogP contribution >= 0.6 is 11.6 Å². The Bertz CT molecular complexity index is 593. The summed E-state index contributed by atoms with van der Waals surface area (Å²) < 4.78 is 26.4. The summed E-state index contributed by atoms with van der Waals surface area (Å²) in [7, 11) is -3.37. The van der Waals surface area contributed by atoms with Crippen molar-refractivity contribution in [3.8, 4) is 0 Å². The molecule has 3 rings (SSSR count). The van der Waals surface area contributed by atoms with Crippen molar-refractivity contribution in [3.63, 3.8) is 0 Å². The molecule has 6 heteroatoms. The van der Waals surface area contributed by atoms with E-state index in [1.54, 1.807) is 16.4 Å². The molecule has 1 aliphatic carbocycles. The van der Waals surface area contributed by atoms with E-state index in [-0.39, 0.29) is 0 Å². The van der Waals surface area contributed by atoms with Crippen LogP contribution in [0.5, 0.6) is 0 Å². The molecular weight excluding hydrogens is 296 g/mol. The van der Waals surface area contributed by atoms with Crippen molar-refractivity contribution in [2.24, 2.45) is 0 Å². The normalized spacial score (nSPS) is 20.4. The highest BCUT2D eigenvalue weighted by Crippen LogP contribution is 2.26. The van der Waals surface area contributed by atoms with Crippen molar-refractivity contribution in [2.45, 2.75) is 43.2 Å². The van der Waals surface area contributed by atoms with Gasteiger partial charge in [-0.3, -0.25) is 0 Å². The monoisotopic (exact) mass is 314 g/mol. The quantitative estimate of drug-likeness (QED) is 0.908. The van der Waals surface area contributed by atoms with E-state index in [9.17, 15) is 8.42 Å². The first-order chi connectivity index (χ1) is 9.57. The molecular formula is C14H19ClN2O2S. The first-order valence-electron chi connectivity index (χ1n) is 7.09. The van der Waals surface area contributed by atoms with Crippen LogP contribution in [0.1, 0.15) is 31.2 Å². The number of benzene rings is 1. The number of nitrogens with zero attached hydrogens (tertiary/aromatic N) is 1. The van der Waals surface area contributed by atoms with Gasteiger partial charge in [-0.1, -0.05) is 17.7 Å². The molecule has 4 nitrogen and oxygen atoms in total. The molecule has 1 aromatic rings. The summed E-state index contributed by atoms with van der Waals surface area (Å²) in [4.78, 5) is 0.305. The lowest BCUT2D eigenvalue weighted by atomic mass is 10.2. The van der Waals surface area contributed by atoms with Crippen molar-refractivity contribution >= 4 is 21.6 Å². The van der Waals surface area contributed by atoms with E-state index < -0.39 is 10.0 Å². The smallest absolute Gasteiger partial charge is 0.243 e. The van der Waals surface area contributed by atoms with Crippen LogP contribution < -0.4 is 5.32 Å². The minimum atomic E-state index is -3.37. The summed E-state index contributed by atoms with van der Waals surface area (Å²) in [5, 5.41) is 3.91. The van der Waals surface area contributed by atoms with Gasteiger partial charge in [-0.25, -0.2) is 8.42 Å². The highest BCUT2D eigenvalue weighted by Gasteiger charge is 2.27. The van der Waals surface area contributed by atoms with Crippen molar-refractivity contribution in [1.29, 1.82) is 0 Å². The largest absolute Gasteiger partial charge is 0.310 e. The molecule has 1 heterocycles. The first-order valence-corrected chi connectivity index (χ1v) is 8.91. The zero-order valence-electron chi connectivity index (χ0n) is 11.3. The molecule has 2 aliphatic rings. The van der Waals surface area contributed by atoms with Crippen LogP contribution in [0.15, 0.2) is 23.1 Å². The molecule has 1 N–H and O–H groups in total. The second kappa shape index (κ2) is 5.64. The van der Waals surface area contributed by atoms with E-state index in [1.807, 2.05) is 6.07 Å². The van der Waals surface area contributed by atoms with E-state index in [1.165, 1.54) is 12.8 Å². The highest BCUT2D eigenvalue weighted by atomic mass is 35.5. The molecule has 1 aromatic carbocycles. The van der Waals surface area contributed by atoms with Gasteiger partial charge in [-0.15, -0.1) is 0 Å². The fraction of sp³-hybridized carbons (Fsp3) is 0.571. The maximum absolute atomic E-state index is 12.4. The lowest BCUT2D eigenvalue weighted by molar-refractivity contribution is 0.477. The zero-order valence-corrected chi connectivity index (χ0v) is 12.9. The number of hydrogen-bond acceptors (Lipinski definition) is 3. The molecule has 0 amide bonds. The van der Waals surface area contributed by atoms with Crippen LogP contribution in [0.3, 0.4) is 0 Å². The lowest BCUT2D eigenvalue weighted by Crippen LogP contribution is -2.27. The molecule has 0 atom stereocenters. The molecule has 1 saturated heterocycles. The van der Waals surface area contributed by atoms with Crippen LogP contribution in [0, 0.1) is 0 Å². The third-order valence-electron chi connectivity index (χ3n) is 3.89. The van der Waals surface area contributed by atoms with E-state index in [2.05, 4.69) is 5.32 Å². The standard InChI is InChI=1S/C14H19ClN2O2S/c15-14-9-13(20(18,19)17-7-1-2-8-17)6-3-11(14)10-16-12-4-5-12/h3,6,9,12,16H,1-2,4-5,7-8,10H2. The SMILES string of the molecule is O=S(=O)(c1ccc(CNC2CC2)c(Cl)c1)N1CCCC1. The average molecular weight is 315 g/mol. The van der Waals surface area contributed by atoms with Gasteiger partial charge >= 0.3 is 0 Å². The predicted molar refractivity (Wildman–Crippen MR) is 79.3 cm³/mol. The summed E-state index contributed by atoms with van der Waals surface area (Å²) in [6, 6.07) is 5.68. The molecule has 110 valence electrons.